The zero-order valence-corrected chi connectivity index (χ0v) is 13.2. The van der Waals surface area contributed by atoms with Crippen LogP contribution in [0.3, 0.4) is 0 Å². The van der Waals surface area contributed by atoms with Crippen LogP contribution in [-0.2, 0) is 6.54 Å². The fraction of sp³-hybridized carbons (Fsp3) is 0.500. The Hall–Kier alpha value is -2.08. The number of aryl methyl sites for hydroxylation is 1. The van der Waals surface area contributed by atoms with Crippen molar-refractivity contribution in [2.75, 3.05) is 19.6 Å². The van der Waals surface area contributed by atoms with Crippen LogP contribution in [-0.4, -0.2) is 51.1 Å². The highest BCUT2D eigenvalue weighted by Crippen LogP contribution is 2.11. The lowest BCUT2D eigenvalue weighted by Gasteiger charge is -2.20. The number of aliphatic imine (C=N–C) groups is 1. The van der Waals surface area contributed by atoms with E-state index >= 15 is 0 Å². The molecule has 1 atom stereocenters. The van der Waals surface area contributed by atoms with Gasteiger partial charge >= 0.3 is 0 Å². The lowest BCUT2D eigenvalue weighted by atomic mass is 10.3. The zero-order chi connectivity index (χ0) is 15.5. The molecule has 2 aromatic rings. The highest BCUT2D eigenvalue weighted by molar-refractivity contribution is 5.80. The number of aliphatic hydroxyl groups is 1. The summed E-state index contributed by atoms with van der Waals surface area (Å²) >= 11 is 0. The Morgan fingerprint density at radius 2 is 2.36 bits per heavy atom. The van der Waals surface area contributed by atoms with Crippen molar-refractivity contribution in [1.82, 2.24) is 19.6 Å². The normalized spacial score (nSPS) is 19.1. The van der Waals surface area contributed by atoms with Gasteiger partial charge in [-0.3, -0.25) is 0 Å². The van der Waals surface area contributed by atoms with Crippen molar-refractivity contribution < 1.29 is 5.11 Å². The molecule has 0 saturated carbocycles. The maximum absolute atomic E-state index is 9.69. The van der Waals surface area contributed by atoms with Crippen molar-refractivity contribution in [3.05, 3.63) is 35.8 Å². The van der Waals surface area contributed by atoms with Gasteiger partial charge in [0.15, 0.2) is 5.96 Å². The Morgan fingerprint density at radius 1 is 1.50 bits per heavy atom. The summed E-state index contributed by atoms with van der Waals surface area (Å²) in [6, 6.07) is 6.08. The van der Waals surface area contributed by atoms with Crippen LogP contribution < -0.4 is 5.32 Å². The smallest absolute Gasteiger partial charge is 0.194 e. The summed E-state index contributed by atoms with van der Waals surface area (Å²) in [4.78, 5) is 11.4. The molecule has 6 heteroatoms. The van der Waals surface area contributed by atoms with E-state index in [1.165, 1.54) is 0 Å². The van der Waals surface area contributed by atoms with Gasteiger partial charge < -0.3 is 19.7 Å². The molecule has 1 aliphatic heterocycles. The maximum Gasteiger partial charge on any atom is 0.194 e. The first-order valence-electron chi connectivity index (χ1n) is 7.82. The molecule has 1 aliphatic rings. The molecule has 2 aromatic heterocycles. The molecule has 0 amide bonds. The van der Waals surface area contributed by atoms with E-state index < -0.39 is 0 Å². The standard InChI is InChI=1S/C16H23N5O/c1-3-17-16(20-8-7-14(22)11-20)18-9-13-10-21-12(2)5-4-6-15(21)19-13/h4-6,10,14,22H,3,7-9,11H2,1-2H3,(H,17,18)/t14-/m1/s1. The molecule has 0 bridgehead atoms. The van der Waals surface area contributed by atoms with E-state index in [4.69, 9.17) is 0 Å². The Balaban J connectivity index is 1.78. The predicted molar refractivity (Wildman–Crippen MR) is 86.9 cm³/mol. The number of pyridine rings is 1. The molecular weight excluding hydrogens is 278 g/mol. The molecule has 0 unspecified atom stereocenters. The number of guanidine groups is 1. The van der Waals surface area contributed by atoms with Crippen molar-refractivity contribution >= 4 is 11.6 Å². The topological polar surface area (TPSA) is 65.2 Å². The van der Waals surface area contributed by atoms with Gasteiger partial charge in [-0.05, 0) is 32.4 Å². The molecule has 6 nitrogen and oxygen atoms in total. The summed E-state index contributed by atoms with van der Waals surface area (Å²) in [5.41, 5.74) is 3.06. The number of nitrogens with zero attached hydrogens (tertiary/aromatic N) is 4. The quantitative estimate of drug-likeness (QED) is 0.660. The van der Waals surface area contributed by atoms with Gasteiger partial charge in [-0.25, -0.2) is 9.98 Å². The van der Waals surface area contributed by atoms with Crippen molar-refractivity contribution in [1.29, 1.82) is 0 Å². The van der Waals surface area contributed by atoms with E-state index in [1.54, 1.807) is 0 Å². The molecule has 0 aliphatic carbocycles. The molecule has 118 valence electrons. The average Bonchev–Trinajstić information content (AvgIpc) is 3.10. The third-order valence-corrected chi connectivity index (χ3v) is 3.93. The summed E-state index contributed by atoms with van der Waals surface area (Å²) in [5, 5.41) is 13.0. The number of imidazole rings is 1. The fourth-order valence-electron chi connectivity index (χ4n) is 2.79. The summed E-state index contributed by atoms with van der Waals surface area (Å²) in [6.07, 6.45) is 2.59. The molecule has 3 heterocycles. The summed E-state index contributed by atoms with van der Waals surface area (Å²) < 4.78 is 2.08. The number of aliphatic hydroxyl groups excluding tert-OH is 1. The Kier molecular flexibility index (Phi) is 4.29. The van der Waals surface area contributed by atoms with Crippen molar-refractivity contribution in [3.63, 3.8) is 0 Å². The first-order chi connectivity index (χ1) is 10.7. The first kappa shape index (κ1) is 14.8. The van der Waals surface area contributed by atoms with Gasteiger partial charge in [-0.2, -0.15) is 0 Å². The second-order valence-electron chi connectivity index (χ2n) is 5.69. The van der Waals surface area contributed by atoms with Gasteiger partial charge in [-0.15, -0.1) is 0 Å². The van der Waals surface area contributed by atoms with E-state index in [-0.39, 0.29) is 6.10 Å². The van der Waals surface area contributed by atoms with Gasteiger partial charge in [0.05, 0.1) is 18.3 Å². The van der Waals surface area contributed by atoms with Gasteiger partial charge in [0.1, 0.15) is 5.65 Å². The zero-order valence-electron chi connectivity index (χ0n) is 13.2. The number of hydrogen-bond donors (Lipinski definition) is 2. The third-order valence-electron chi connectivity index (χ3n) is 3.93. The van der Waals surface area contributed by atoms with Crippen molar-refractivity contribution in [2.24, 2.45) is 4.99 Å². The third kappa shape index (κ3) is 3.06. The van der Waals surface area contributed by atoms with Crippen LogP contribution in [0, 0.1) is 6.92 Å². The number of likely N-dealkylation sites (tertiary alicyclic amines) is 1. The fourth-order valence-corrected chi connectivity index (χ4v) is 2.79. The van der Waals surface area contributed by atoms with Crippen LogP contribution in [0.15, 0.2) is 29.4 Å². The Morgan fingerprint density at radius 3 is 3.05 bits per heavy atom. The molecule has 0 spiro atoms. The highest BCUT2D eigenvalue weighted by atomic mass is 16.3. The van der Waals surface area contributed by atoms with Gasteiger partial charge in [0, 0.05) is 31.5 Å². The number of β-amino-alcohol motifs (C(OH)–C–C–N with tert-alkyl or cyclic N) is 1. The molecule has 1 fully saturated rings. The second-order valence-corrected chi connectivity index (χ2v) is 5.69. The van der Waals surface area contributed by atoms with Crippen LogP contribution in [0.4, 0.5) is 0 Å². The first-order valence-corrected chi connectivity index (χ1v) is 7.82. The van der Waals surface area contributed by atoms with Gasteiger partial charge in [0.2, 0.25) is 0 Å². The van der Waals surface area contributed by atoms with Crippen molar-refractivity contribution in [3.8, 4) is 0 Å². The minimum atomic E-state index is -0.248. The number of rotatable bonds is 3. The minimum Gasteiger partial charge on any atom is -0.391 e. The van der Waals surface area contributed by atoms with Crippen LogP contribution in [0.25, 0.3) is 5.65 Å². The summed E-state index contributed by atoms with van der Waals surface area (Å²) in [5.74, 6) is 0.854. The molecular formula is C16H23N5O. The number of fused-ring (bicyclic) bond motifs is 1. The Labute approximate surface area is 130 Å². The minimum absolute atomic E-state index is 0.248. The van der Waals surface area contributed by atoms with E-state index in [0.29, 0.717) is 13.1 Å². The monoisotopic (exact) mass is 301 g/mol. The highest BCUT2D eigenvalue weighted by Gasteiger charge is 2.22. The van der Waals surface area contributed by atoms with E-state index in [0.717, 1.165) is 42.5 Å². The molecule has 0 radical (unpaired) electrons. The van der Waals surface area contributed by atoms with Crippen LogP contribution in [0.1, 0.15) is 24.7 Å². The van der Waals surface area contributed by atoms with Gasteiger partial charge in [-0.1, -0.05) is 6.07 Å². The lowest BCUT2D eigenvalue weighted by molar-refractivity contribution is 0.188. The van der Waals surface area contributed by atoms with Crippen molar-refractivity contribution in [2.45, 2.75) is 32.9 Å². The van der Waals surface area contributed by atoms with E-state index in [2.05, 4.69) is 44.5 Å². The molecule has 3 rings (SSSR count). The van der Waals surface area contributed by atoms with Crippen LogP contribution in [0.2, 0.25) is 0 Å². The second kappa shape index (κ2) is 6.36. The Bertz CT molecular complexity index is 678. The van der Waals surface area contributed by atoms with Crippen LogP contribution in [0.5, 0.6) is 0 Å². The number of aromatic nitrogens is 2. The maximum atomic E-state index is 9.69. The molecule has 2 N–H and O–H groups in total. The van der Waals surface area contributed by atoms with E-state index in [1.807, 2.05) is 18.3 Å². The lowest BCUT2D eigenvalue weighted by Crippen LogP contribution is -2.40. The molecule has 1 saturated heterocycles. The van der Waals surface area contributed by atoms with Crippen LogP contribution >= 0.6 is 0 Å². The van der Waals surface area contributed by atoms with E-state index in [9.17, 15) is 5.11 Å². The molecule has 22 heavy (non-hydrogen) atoms. The summed E-state index contributed by atoms with van der Waals surface area (Å²) in [7, 11) is 0. The average molecular weight is 301 g/mol. The number of hydrogen-bond acceptors (Lipinski definition) is 3. The SMILES string of the molecule is CCNC(=NCc1cn2c(C)cccc2n1)N1CC[C@@H](O)C1. The summed E-state index contributed by atoms with van der Waals surface area (Å²) in [6.45, 7) is 6.97. The number of nitrogens with one attached hydrogen (secondary N) is 1. The predicted octanol–water partition coefficient (Wildman–Crippen LogP) is 1.17. The molecule has 0 aromatic carbocycles. The largest absolute Gasteiger partial charge is 0.391 e. The van der Waals surface area contributed by atoms with Gasteiger partial charge in [0.25, 0.3) is 0 Å².